The molecule has 0 aliphatic carbocycles. The summed E-state index contributed by atoms with van der Waals surface area (Å²) in [6, 6.07) is 15.0. The number of aryl methyl sites for hydroxylation is 2. The zero-order chi connectivity index (χ0) is 21.8. The van der Waals surface area contributed by atoms with Crippen molar-refractivity contribution in [2.24, 2.45) is 0 Å². The Bertz CT molecular complexity index is 1030. The van der Waals surface area contributed by atoms with E-state index in [1.807, 2.05) is 49.5 Å². The molecular formula is C25H28FN3O2. The predicted molar refractivity (Wildman–Crippen MR) is 118 cm³/mol. The molecule has 6 heteroatoms. The number of hydrogen-bond donors (Lipinski definition) is 0. The van der Waals surface area contributed by atoms with E-state index in [1.54, 1.807) is 0 Å². The topological polar surface area (TPSA) is 47.4 Å². The third-order valence-corrected chi connectivity index (χ3v) is 5.66. The number of likely N-dealkylation sites (tertiary alicyclic amines) is 1. The van der Waals surface area contributed by atoms with Gasteiger partial charge < -0.3 is 14.2 Å². The van der Waals surface area contributed by atoms with Crippen molar-refractivity contribution < 1.29 is 13.9 Å². The van der Waals surface area contributed by atoms with Crippen LogP contribution in [0.5, 0.6) is 0 Å². The van der Waals surface area contributed by atoms with Crippen LogP contribution in [0.4, 0.5) is 9.18 Å². The zero-order valence-corrected chi connectivity index (χ0v) is 18.0. The molecule has 3 aromatic rings. The number of ether oxygens (including phenoxy) is 1. The van der Waals surface area contributed by atoms with E-state index in [-0.39, 0.29) is 24.1 Å². The Labute approximate surface area is 182 Å². The van der Waals surface area contributed by atoms with Gasteiger partial charge in [-0.15, -0.1) is 0 Å². The molecule has 1 aliphatic heterocycles. The van der Waals surface area contributed by atoms with Crippen LogP contribution in [-0.4, -0.2) is 33.2 Å². The van der Waals surface area contributed by atoms with Gasteiger partial charge in [0.25, 0.3) is 0 Å². The molecule has 0 spiro atoms. The molecule has 162 valence electrons. The van der Waals surface area contributed by atoms with Gasteiger partial charge in [0.1, 0.15) is 5.82 Å². The fourth-order valence-corrected chi connectivity index (χ4v) is 4.15. The standard InChI is InChI=1S/C25H28FN3O2/c1-18(2)31-25(30)29-13-4-7-23(29)20-5-3-6-21(15-20)24-16-27-17-28(24)14-12-19-8-10-22(26)11-9-19/h3,5-6,8-11,15-18,23H,4,7,12-14H2,1-2H3. The van der Waals surface area contributed by atoms with E-state index in [4.69, 9.17) is 4.74 Å². The molecule has 5 nitrogen and oxygen atoms in total. The number of amides is 1. The maximum atomic E-state index is 13.1. The lowest BCUT2D eigenvalue weighted by Gasteiger charge is -2.25. The summed E-state index contributed by atoms with van der Waals surface area (Å²) >= 11 is 0. The van der Waals surface area contributed by atoms with E-state index in [1.165, 1.54) is 12.1 Å². The molecule has 1 saturated heterocycles. The van der Waals surface area contributed by atoms with E-state index in [9.17, 15) is 9.18 Å². The predicted octanol–water partition coefficient (Wildman–Crippen LogP) is 5.61. The second kappa shape index (κ2) is 9.33. The van der Waals surface area contributed by atoms with Crippen molar-refractivity contribution in [3.63, 3.8) is 0 Å². The summed E-state index contributed by atoms with van der Waals surface area (Å²) in [5.41, 5.74) is 4.29. The summed E-state index contributed by atoms with van der Waals surface area (Å²) < 4.78 is 20.7. The second-order valence-corrected chi connectivity index (χ2v) is 8.26. The summed E-state index contributed by atoms with van der Waals surface area (Å²) in [5.74, 6) is -0.220. The van der Waals surface area contributed by atoms with Crippen molar-refractivity contribution in [2.75, 3.05) is 6.54 Å². The molecule has 2 aromatic carbocycles. The summed E-state index contributed by atoms with van der Waals surface area (Å²) in [7, 11) is 0. The van der Waals surface area contributed by atoms with Crippen LogP contribution in [-0.2, 0) is 17.7 Å². The largest absolute Gasteiger partial charge is 0.447 e. The molecule has 1 fully saturated rings. The molecule has 0 bridgehead atoms. The number of rotatable bonds is 6. The average Bonchev–Trinajstić information content (AvgIpc) is 3.43. The number of hydrogen-bond acceptors (Lipinski definition) is 3. The van der Waals surface area contributed by atoms with Gasteiger partial charge >= 0.3 is 6.09 Å². The quantitative estimate of drug-likeness (QED) is 0.519. The van der Waals surface area contributed by atoms with Gasteiger partial charge in [-0.3, -0.25) is 0 Å². The van der Waals surface area contributed by atoms with Gasteiger partial charge in [-0.2, -0.15) is 0 Å². The van der Waals surface area contributed by atoms with Crippen LogP contribution in [0.15, 0.2) is 61.1 Å². The Hall–Kier alpha value is -3.15. The number of benzene rings is 2. The highest BCUT2D eigenvalue weighted by atomic mass is 19.1. The lowest BCUT2D eigenvalue weighted by Crippen LogP contribution is -2.32. The van der Waals surface area contributed by atoms with E-state index >= 15 is 0 Å². The number of nitrogens with zero attached hydrogens (tertiary/aromatic N) is 3. The van der Waals surface area contributed by atoms with E-state index in [0.29, 0.717) is 0 Å². The average molecular weight is 422 g/mol. The van der Waals surface area contributed by atoms with Gasteiger partial charge in [0.05, 0.1) is 30.4 Å². The number of carbonyl (C=O) groups is 1. The maximum absolute atomic E-state index is 13.1. The molecule has 1 unspecified atom stereocenters. The van der Waals surface area contributed by atoms with Gasteiger partial charge in [0.2, 0.25) is 0 Å². The van der Waals surface area contributed by atoms with Crippen LogP contribution in [0.2, 0.25) is 0 Å². The Morgan fingerprint density at radius 3 is 2.81 bits per heavy atom. The molecule has 1 amide bonds. The minimum atomic E-state index is -0.243. The lowest BCUT2D eigenvalue weighted by molar-refractivity contribution is 0.0731. The van der Waals surface area contributed by atoms with Crippen molar-refractivity contribution in [3.05, 3.63) is 78.0 Å². The highest BCUT2D eigenvalue weighted by Gasteiger charge is 2.31. The first-order valence-electron chi connectivity index (χ1n) is 10.8. The molecule has 1 aliphatic rings. The molecule has 1 aromatic heterocycles. The molecule has 0 radical (unpaired) electrons. The normalized spacial score (nSPS) is 16.1. The summed E-state index contributed by atoms with van der Waals surface area (Å²) in [6.45, 7) is 5.21. The second-order valence-electron chi connectivity index (χ2n) is 8.26. The number of carbonyl (C=O) groups excluding carboxylic acids is 1. The van der Waals surface area contributed by atoms with E-state index in [0.717, 1.165) is 54.7 Å². The first-order valence-corrected chi connectivity index (χ1v) is 10.8. The minimum absolute atomic E-state index is 0.0294. The van der Waals surface area contributed by atoms with Gasteiger partial charge in [-0.05, 0) is 62.4 Å². The van der Waals surface area contributed by atoms with Crippen molar-refractivity contribution in [2.45, 2.75) is 51.8 Å². The third kappa shape index (κ3) is 4.95. The third-order valence-electron chi connectivity index (χ3n) is 5.66. The molecule has 0 N–H and O–H groups in total. The molecule has 1 atom stereocenters. The van der Waals surface area contributed by atoms with Crippen LogP contribution in [0.3, 0.4) is 0 Å². The van der Waals surface area contributed by atoms with Crippen LogP contribution < -0.4 is 0 Å². The lowest BCUT2D eigenvalue weighted by atomic mass is 10.0. The highest BCUT2D eigenvalue weighted by molar-refractivity contribution is 5.69. The van der Waals surface area contributed by atoms with Crippen molar-refractivity contribution in [3.8, 4) is 11.3 Å². The number of aromatic nitrogens is 2. The smallest absolute Gasteiger partial charge is 0.410 e. The molecule has 2 heterocycles. The molecule has 4 rings (SSSR count). The summed E-state index contributed by atoms with van der Waals surface area (Å²) in [5, 5.41) is 0. The molecular weight excluding hydrogens is 393 g/mol. The Kier molecular flexibility index (Phi) is 6.35. The molecule has 31 heavy (non-hydrogen) atoms. The van der Waals surface area contributed by atoms with Crippen LogP contribution in [0.25, 0.3) is 11.3 Å². The van der Waals surface area contributed by atoms with Crippen molar-refractivity contribution in [1.29, 1.82) is 0 Å². The Morgan fingerprint density at radius 2 is 2.03 bits per heavy atom. The van der Waals surface area contributed by atoms with Gasteiger partial charge in [0.15, 0.2) is 0 Å². The van der Waals surface area contributed by atoms with Gasteiger partial charge in [-0.1, -0.05) is 30.3 Å². The fraction of sp³-hybridized carbons (Fsp3) is 0.360. The number of imidazole rings is 1. The first-order chi connectivity index (χ1) is 15.0. The van der Waals surface area contributed by atoms with Crippen LogP contribution in [0, 0.1) is 5.82 Å². The maximum Gasteiger partial charge on any atom is 0.410 e. The SMILES string of the molecule is CC(C)OC(=O)N1CCCC1c1cccc(-c2cncn2CCc2ccc(F)cc2)c1. The Balaban J connectivity index is 1.52. The van der Waals surface area contributed by atoms with Crippen molar-refractivity contribution >= 4 is 6.09 Å². The van der Waals surface area contributed by atoms with Gasteiger partial charge in [-0.25, -0.2) is 14.2 Å². The van der Waals surface area contributed by atoms with E-state index < -0.39 is 0 Å². The van der Waals surface area contributed by atoms with Crippen LogP contribution in [0.1, 0.15) is 43.9 Å². The van der Waals surface area contributed by atoms with E-state index in [2.05, 4.69) is 27.8 Å². The molecule has 0 saturated carbocycles. The zero-order valence-electron chi connectivity index (χ0n) is 18.0. The van der Waals surface area contributed by atoms with Gasteiger partial charge in [0, 0.05) is 18.7 Å². The Morgan fingerprint density at radius 1 is 1.23 bits per heavy atom. The first kappa shape index (κ1) is 21.1. The number of halogens is 1. The minimum Gasteiger partial charge on any atom is -0.447 e. The highest BCUT2D eigenvalue weighted by Crippen LogP contribution is 2.34. The van der Waals surface area contributed by atoms with Crippen LogP contribution >= 0.6 is 0 Å². The summed E-state index contributed by atoms with van der Waals surface area (Å²) in [4.78, 5) is 18.7. The fourth-order valence-electron chi connectivity index (χ4n) is 4.15. The monoisotopic (exact) mass is 421 g/mol. The van der Waals surface area contributed by atoms with Crippen molar-refractivity contribution in [1.82, 2.24) is 14.5 Å². The summed E-state index contributed by atoms with van der Waals surface area (Å²) in [6.07, 6.45) is 6.01.